The van der Waals surface area contributed by atoms with Crippen LogP contribution in [0, 0.1) is 0 Å². The van der Waals surface area contributed by atoms with E-state index in [9.17, 15) is 4.79 Å². The van der Waals surface area contributed by atoms with Gasteiger partial charge in [0.25, 0.3) is 0 Å². The van der Waals surface area contributed by atoms with Crippen LogP contribution in [-0.4, -0.2) is 25.2 Å². The number of hydrogen-bond acceptors (Lipinski definition) is 4. The summed E-state index contributed by atoms with van der Waals surface area (Å²) in [4.78, 5) is 11.6. The summed E-state index contributed by atoms with van der Waals surface area (Å²) in [6.45, 7) is 6.98. The van der Waals surface area contributed by atoms with Crippen molar-refractivity contribution in [1.29, 1.82) is 0 Å². The van der Waals surface area contributed by atoms with E-state index in [4.69, 9.17) is 9.47 Å². The molecule has 0 aliphatic heterocycles. The van der Waals surface area contributed by atoms with Crippen LogP contribution in [0.25, 0.3) is 0 Å². The Morgan fingerprint density at radius 3 is 2.95 bits per heavy atom. The van der Waals surface area contributed by atoms with E-state index in [0.29, 0.717) is 12.6 Å². The first kappa shape index (κ1) is 14.9. The molecule has 1 aliphatic carbocycles. The van der Waals surface area contributed by atoms with Crippen LogP contribution >= 0.6 is 0 Å². The number of rotatable bonds is 6. The number of carbonyl (C=O) groups excluding carboxylic acids is 1. The number of hydrogen-bond donors (Lipinski definition) is 1. The average Bonchev–Trinajstić information content (AvgIpc) is 2.82. The fourth-order valence-corrected chi connectivity index (χ4v) is 2.64. The minimum atomic E-state index is -0.570. The Balaban J connectivity index is 2.03. The number of benzene rings is 1. The first-order valence-electron chi connectivity index (χ1n) is 7.35. The molecule has 2 atom stereocenters. The lowest BCUT2D eigenvalue weighted by Crippen LogP contribution is -2.26. The molecule has 110 valence electrons. The highest BCUT2D eigenvalue weighted by Crippen LogP contribution is 2.33. The summed E-state index contributed by atoms with van der Waals surface area (Å²) < 4.78 is 10.6. The van der Waals surface area contributed by atoms with E-state index in [1.165, 1.54) is 11.1 Å². The number of ether oxygens (including phenoxy) is 2. The number of nitrogens with one attached hydrogen (secondary N) is 1. The molecule has 0 spiro atoms. The first-order valence-corrected chi connectivity index (χ1v) is 7.35. The third kappa shape index (κ3) is 3.31. The van der Waals surface area contributed by atoms with E-state index in [1.807, 2.05) is 12.1 Å². The molecule has 2 unspecified atom stereocenters. The lowest BCUT2D eigenvalue weighted by atomic mass is 10.1. The summed E-state index contributed by atoms with van der Waals surface area (Å²) in [5, 5.41) is 3.48. The Morgan fingerprint density at radius 2 is 2.25 bits per heavy atom. The second kappa shape index (κ2) is 6.75. The molecule has 1 aromatic carbocycles. The standard InChI is InChI=1S/C16H23NO3/c1-4-17-15-9-6-12-10-13(7-8-14(12)15)20-11(3)16(18)19-5-2/h7-8,10-11,15,17H,4-6,9H2,1-3H3. The highest BCUT2D eigenvalue weighted by atomic mass is 16.6. The van der Waals surface area contributed by atoms with E-state index in [1.54, 1.807) is 13.8 Å². The molecule has 0 saturated heterocycles. The van der Waals surface area contributed by atoms with Gasteiger partial charge in [-0.05, 0) is 56.5 Å². The number of esters is 1. The number of aryl methyl sites for hydroxylation is 1. The van der Waals surface area contributed by atoms with Gasteiger partial charge >= 0.3 is 5.97 Å². The summed E-state index contributed by atoms with van der Waals surface area (Å²) in [6.07, 6.45) is 1.61. The first-order chi connectivity index (χ1) is 9.65. The predicted octanol–water partition coefficient (Wildman–Crippen LogP) is 2.61. The summed E-state index contributed by atoms with van der Waals surface area (Å²) >= 11 is 0. The van der Waals surface area contributed by atoms with E-state index < -0.39 is 6.10 Å². The SMILES string of the molecule is CCNC1CCc2cc(OC(C)C(=O)OCC)ccc21. The van der Waals surface area contributed by atoms with Gasteiger partial charge in [0.1, 0.15) is 5.75 Å². The number of carbonyl (C=O) groups is 1. The lowest BCUT2D eigenvalue weighted by molar-refractivity contribution is -0.150. The van der Waals surface area contributed by atoms with Gasteiger partial charge < -0.3 is 14.8 Å². The minimum Gasteiger partial charge on any atom is -0.479 e. The Bertz CT molecular complexity index is 473. The van der Waals surface area contributed by atoms with Gasteiger partial charge in [0.15, 0.2) is 6.10 Å². The quantitative estimate of drug-likeness (QED) is 0.812. The van der Waals surface area contributed by atoms with Crippen LogP contribution in [-0.2, 0) is 16.0 Å². The van der Waals surface area contributed by atoms with Crippen molar-refractivity contribution in [3.8, 4) is 5.75 Å². The van der Waals surface area contributed by atoms with Crippen LogP contribution in [0.1, 0.15) is 44.4 Å². The highest BCUT2D eigenvalue weighted by molar-refractivity contribution is 5.74. The highest BCUT2D eigenvalue weighted by Gasteiger charge is 2.23. The molecular weight excluding hydrogens is 254 g/mol. The maximum absolute atomic E-state index is 11.6. The molecule has 2 rings (SSSR count). The van der Waals surface area contributed by atoms with Crippen molar-refractivity contribution >= 4 is 5.97 Å². The molecule has 0 heterocycles. The van der Waals surface area contributed by atoms with Gasteiger partial charge in [-0.15, -0.1) is 0 Å². The van der Waals surface area contributed by atoms with Crippen LogP contribution in [0.2, 0.25) is 0 Å². The molecule has 0 fully saturated rings. The van der Waals surface area contributed by atoms with Gasteiger partial charge in [-0.1, -0.05) is 13.0 Å². The molecule has 20 heavy (non-hydrogen) atoms. The van der Waals surface area contributed by atoms with Gasteiger partial charge in [0.05, 0.1) is 6.61 Å². The van der Waals surface area contributed by atoms with Crippen molar-refractivity contribution in [3.05, 3.63) is 29.3 Å². The fourth-order valence-electron chi connectivity index (χ4n) is 2.64. The Labute approximate surface area is 120 Å². The van der Waals surface area contributed by atoms with Crippen molar-refractivity contribution in [2.75, 3.05) is 13.2 Å². The Kier molecular flexibility index (Phi) is 5.01. The molecule has 1 aliphatic rings. The Hall–Kier alpha value is -1.55. The maximum Gasteiger partial charge on any atom is 0.347 e. The van der Waals surface area contributed by atoms with Crippen molar-refractivity contribution < 1.29 is 14.3 Å². The monoisotopic (exact) mass is 277 g/mol. The molecule has 0 bridgehead atoms. The smallest absolute Gasteiger partial charge is 0.347 e. The topological polar surface area (TPSA) is 47.6 Å². The minimum absolute atomic E-state index is 0.321. The zero-order valence-electron chi connectivity index (χ0n) is 12.4. The van der Waals surface area contributed by atoms with Crippen molar-refractivity contribution in [3.63, 3.8) is 0 Å². The van der Waals surface area contributed by atoms with Crippen molar-refractivity contribution in [1.82, 2.24) is 5.32 Å². The van der Waals surface area contributed by atoms with Gasteiger partial charge in [-0.2, -0.15) is 0 Å². The molecule has 1 N–H and O–H groups in total. The zero-order chi connectivity index (χ0) is 14.5. The maximum atomic E-state index is 11.6. The second-order valence-corrected chi connectivity index (χ2v) is 5.02. The van der Waals surface area contributed by atoms with E-state index >= 15 is 0 Å². The fraction of sp³-hybridized carbons (Fsp3) is 0.562. The summed E-state index contributed by atoms with van der Waals surface area (Å²) in [5.41, 5.74) is 2.66. The zero-order valence-corrected chi connectivity index (χ0v) is 12.4. The van der Waals surface area contributed by atoms with E-state index in [-0.39, 0.29) is 5.97 Å². The molecule has 1 aromatic rings. The molecular formula is C16H23NO3. The van der Waals surface area contributed by atoms with Gasteiger partial charge in [0.2, 0.25) is 0 Å². The normalized spacial score (nSPS) is 18.4. The molecule has 0 radical (unpaired) electrons. The molecule has 0 saturated carbocycles. The van der Waals surface area contributed by atoms with E-state index in [2.05, 4.69) is 18.3 Å². The molecule has 4 heteroatoms. The van der Waals surface area contributed by atoms with Crippen LogP contribution in [0.5, 0.6) is 5.75 Å². The third-order valence-electron chi connectivity index (χ3n) is 3.57. The van der Waals surface area contributed by atoms with Gasteiger partial charge in [0, 0.05) is 6.04 Å². The van der Waals surface area contributed by atoms with Crippen LogP contribution in [0.3, 0.4) is 0 Å². The Morgan fingerprint density at radius 1 is 1.45 bits per heavy atom. The summed E-state index contributed by atoms with van der Waals surface area (Å²) in [6, 6.07) is 6.53. The van der Waals surface area contributed by atoms with E-state index in [0.717, 1.165) is 25.1 Å². The number of fused-ring (bicyclic) bond motifs is 1. The third-order valence-corrected chi connectivity index (χ3v) is 3.57. The van der Waals surface area contributed by atoms with Crippen LogP contribution in [0.4, 0.5) is 0 Å². The van der Waals surface area contributed by atoms with Crippen molar-refractivity contribution in [2.45, 2.75) is 45.8 Å². The summed E-state index contributed by atoms with van der Waals surface area (Å²) in [7, 11) is 0. The largest absolute Gasteiger partial charge is 0.479 e. The molecule has 0 aromatic heterocycles. The lowest BCUT2D eigenvalue weighted by Gasteiger charge is -2.15. The summed E-state index contributed by atoms with van der Waals surface area (Å²) in [5.74, 6) is 0.417. The van der Waals surface area contributed by atoms with Gasteiger partial charge in [-0.3, -0.25) is 0 Å². The molecule has 4 nitrogen and oxygen atoms in total. The van der Waals surface area contributed by atoms with Crippen LogP contribution in [0.15, 0.2) is 18.2 Å². The second-order valence-electron chi connectivity index (χ2n) is 5.02. The molecule has 0 amide bonds. The average molecular weight is 277 g/mol. The van der Waals surface area contributed by atoms with Crippen molar-refractivity contribution in [2.24, 2.45) is 0 Å². The van der Waals surface area contributed by atoms with Gasteiger partial charge in [-0.25, -0.2) is 4.79 Å². The predicted molar refractivity (Wildman–Crippen MR) is 77.9 cm³/mol. The van der Waals surface area contributed by atoms with Crippen LogP contribution < -0.4 is 10.1 Å².